The number of aromatic nitrogens is 3. The molecule has 0 spiro atoms. The van der Waals surface area contributed by atoms with E-state index >= 15 is 0 Å². The van der Waals surface area contributed by atoms with E-state index < -0.39 is 0 Å². The number of Topliss-reactive ketones (excluding diaryl/α,β-unsaturated/α-hetero) is 1. The van der Waals surface area contributed by atoms with E-state index in [-0.39, 0.29) is 17.5 Å². The second-order valence-electron chi connectivity index (χ2n) is 7.99. The number of nitrogens with zero attached hydrogens (tertiary/aromatic N) is 3. The summed E-state index contributed by atoms with van der Waals surface area (Å²) in [6.07, 6.45) is 3.74. The first-order valence-corrected chi connectivity index (χ1v) is 10.3. The number of rotatable bonds is 3. The summed E-state index contributed by atoms with van der Waals surface area (Å²) in [6.45, 7) is 4.10. The molecule has 0 saturated carbocycles. The van der Waals surface area contributed by atoms with Crippen LogP contribution in [0.25, 0.3) is 16.8 Å². The maximum atomic E-state index is 13.4. The van der Waals surface area contributed by atoms with Gasteiger partial charge in [0.25, 0.3) is 0 Å². The molecule has 5 rings (SSSR count). The fraction of sp³-hybridized carbons (Fsp3) is 0.240. The predicted octanol–water partition coefficient (Wildman–Crippen LogP) is 5.32. The second-order valence-corrected chi connectivity index (χ2v) is 7.99. The molecule has 0 N–H and O–H groups in total. The molecule has 1 aliphatic carbocycles. The molecule has 2 aromatic carbocycles. The average Bonchev–Trinajstić information content (AvgIpc) is 3.11. The Labute approximate surface area is 174 Å². The van der Waals surface area contributed by atoms with Gasteiger partial charge in [-0.1, -0.05) is 48.9 Å². The highest BCUT2D eigenvalue weighted by Crippen LogP contribution is 2.34. The van der Waals surface area contributed by atoms with Crippen molar-refractivity contribution in [2.45, 2.75) is 39.0 Å². The van der Waals surface area contributed by atoms with E-state index in [2.05, 4.69) is 36.3 Å². The number of ketones is 1. The van der Waals surface area contributed by atoms with E-state index in [9.17, 15) is 9.18 Å². The Balaban J connectivity index is 1.63. The third-order valence-corrected chi connectivity index (χ3v) is 5.95. The van der Waals surface area contributed by atoms with Gasteiger partial charge in [-0.15, -0.1) is 0 Å². The number of aryl methyl sites for hydroxylation is 2. The van der Waals surface area contributed by atoms with Crippen LogP contribution in [-0.4, -0.2) is 20.4 Å². The average molecular weight is 399 g/mol. The molecular formula is C25H22FN3O. The van der Waals surface area contributed by atoms with Gasteiger partial charge in [-0.25, -0.2) is 13.9 Å². The Morgan fingerprint density at radius 1 is 1.07 bits per heavy atom. The van der Waals surface area contributed by atoms with Gasteiger partial charge in [-0.05, 0) is 48.9 Å². The minimum Gasteiger partial charge on any atom is -0.294 e. The van der Waals surface area contributed by atoms with Crippen LogP contribution in [0, 0.1) is 12.7 Å². The van der Waals surface area contributed by atoms with Crippen molar-refractivity contribution in [3.05, 3.63) is 88.6 Å². The summed E-state index contributed by atoms with van der Waals surface area (Å²) in [5.41, 5.74) is 7.24. The summed E-state index contributed by atoms with van der Waals surface area (Å²) in [6, 6.07) is 14.8. The highest BCUT2D eigenvalue weighted by molar-refractivity contribution is 5.99. The fourth-order valence-electron chi connectivity index (χ4n) is 4.31. The van der Waals surface area contributed by atoms with Crippen LogP contribution in [0.4, 0.5) is 4.39 Å². The van der Waals surface area contributed by atoms with E-state index in [1.54, 1.807) is 16.6 Å². The third-order valence-electron chi connectivity index (χ3n) is 5.95. The lowest BCUT2D eigenvalue weighted by Crippen LogP contribution is -2.21. The van der Waals surface area contributed by atoms with Crippen molar-refractivity contribution >= 4 is 11.4 Å². The number of hydrogen-bond donors (Lipinski definition) is 0. The molecule has 1 unspecified atom stereocenters. The molecule has 0 bridgehead atoms. The van der Waals surface area contributed by atoms with Gasteiger partial charge in [-0.2, -0.15) is 5.10 Å². The highest BCUT2D eigenvalue weighted by Gasteiger charge is 2.29. The first-order chi connectivity index (χ1) is 14.5. The highest BCUT2D eigenvalue weighted by atomic mass is 19.1. The van der Waals surface area contributed by atoms with Gasteiger partial charge in [0.1, 0.15) is 5.82 Å². The molecule has 0 amide bonds. The zero-order chi connectivity index (χ0) is 20.8. The van der Waals surface area contributed by atoms with E-state index in [0.717, 1.165) is 41.0 Å². The van der Waals surface area contributed by atoms with Gasteiger partial charge in [0.15, 0.2) is 11.4 Å². The number of fused-ring (bicyclic) bond motifs is 2. The van der Waals surface area contributed by atoms with Crippen LogP contribution in [0.3, 0.4) is 0 Å². The molecule has 150 valence electrons. The van der Waals surface area contributed by atoms with Crippen LogP contribution in [0.1, 0.15) is 52.1 Å². The number of hydrogen-bond acceptors (Lipinski definition) is 3. The van der Waals surface area contributed by atoms with Crippen LogP contribution in [0.15, 0.2) is 54.7 Å². The molecule has 2 heterocycles. The lowest BCUT2D eigenvalue weighted by Gasteiger charge is -2.23. The normalized spacial score (nSPS) is 16.1. The van der Waals surface area contributed by atoms with Crippen molar-refractivity contribution in [3.8, 4) is 11.1 Å². The van der Waals surface area contributed by atoms with Crippen molar-refractivity contribution in [1.29, 1.82) is 0 Å². The van der Waals surface area contributed by atoms with Crippen molar-refractivity contribution in [1.82, 2.24) is 14.6 Å². The quantitative estimate of drug-likeness (QED) is 0.468. The number of carbonyl (C=O) groups excluding carboxylic acids is 1. The van der Waals surface area contributed by atoms with E-state index in [1.165, 1.54) is 23.3 Å². The van der Waals surface area contributed by atoms with Gasteiger partial charge in [0.2, 0.25) is 0 Å². The second kappa shape index (κ2) is 7.17. The van der Waals surface area contributed by atoms with Crippen LogP contribution in [0.2, 0.25) is 0 Å². The Kier molecular flexibility index (Phi) is 4.46. The summed E-state index contributed by atoms with van der Waals surface area (Å²) in [4.78, 5) is 17.8. The number of benzene rings is 2. The van der Waals surface area contributed by atoms with E-state index in [4.69, 9.17) is 4.98 Å². The SMILES string of the molecule is CCc1nn2cc3c(nc2c1-c1ccc(F)cc1)CC(c1ccc(C)cc1)CC3=O. The fourth-order valence-corrected chi connectivity index (χ4v) is 4.31. The Bertz CT molecular complexity index is 1260. The minimum atomic E-state index is -0.273. The van der Waals surface area contributed by atoms with Crippen LogP contribution < -0.4 is 0 Å². The molecule has 1 aliphatic rings. The summed E-state index contributed by atoms with van der Waals surface area (Å²) >= 11 is 0. The third kappa shape index (κ3) is 3.11. The Morgan fingerprint density at radius 3 is 2.50 bits per heavy atom. The molecule has 0 fully saturated rings. The van der Waals surface area contributed by atoms with E-state index in [1.807, 2.05) is 13.1 Å². The molecule has 2 aromatic heterocycles. The van der Waals surface area contributed by atoms with Gasteiger partial charge >= 0.3 is 0 Å². The Morgan fingerprint density at radius 2 is 1.80 bits per heavy atom. The lowest BCUT2D eigenvalue weighted by molar-refractivity contribution is 0.0962. The number of halogens is 1. The van der Waals surface area contributed by atoms with Crippen LogP contribution >= 0.6 is 0 Å². The van der Waals surface area contributed by atoms with Crippen molar-refractivity contribution in [2.75, 3.05) is 0 Å². The monoisotopic (exact) mass is 399 g/mol. The molecule has 30 heavy (non-hydrogen) atoms. The van der Waals surface area contributed by atoms with Crippen LogP contribution in [0.5, 0.6) is 0 Å². The van der Waals surface area contributed by atoms with Crippen molar-refractivity contribution < 1.29 is 9.18 Å². The molecule has 4 nitrogen and oxygen atoms in total. The first-order valence-electron chi connectivity index (χ1n) is 10.3. The van der Waals surface area contributed by atoms with E-state index in [0.29, 0.717) is 12.0 Å². The molecule has 1 atom stereocenters. The van der Waals surface area contributed by atoms with Gasteiger partial charge in [-0.3, -0.25) is 4.79 Å². The minimum absolute atomic E-state index is 0.105. The Hall–Kier alpha value is -3.34. The van der Waals surface area contributed by atoms with Gasteiger partial charge in [0, 0.05) is 18.2 Å². The maximum absolute atomic E-state index is 13.4. The number of carbonyl (C=O) groups is 1. The molecule has 0 saturated heterocycles. The zero-order valence-corrected chi connectivity index (χ0v) is 17.0. The summed E-state index contributed by atoms with van der Waals surface area (Å²) in [5, 5.41) is 4.67. The molecular weight excluding hydrogens is 377 g/mol. The molecule has 4 aromatic rings. The van der Waals surface area contributed by atoms with Crippen molar-refractivity contribution in [2.24, 2.45) is 0 Å². The first kappa shape index (κ1) is 18.7. The lowest BCUT2D eigenvalue weighted by atomic mass is 9.82. The molecule has 0 aliphatic heterocycles. The zero-order valence-electron chi connectivity index (χ0n) is 17.0. The summed E-state index contributed by atoms with van der Waals surface area (Å²) in [7, 11) is 0. The maximum Gasteiger partial charge on any atom is 0.166 e. The van der Waals surface area contributed by atoms with Gasteiger partial charge in [0.05, 0.1) is 17.0 Å². The largest absolute Gasteiger partial charge is 0.294 e. The summed E-state index contributed by atoms with van der Waals surface area (Å²) in [5.74, 6) is -0.0401. The topological polar surface area (TPSA) is 47.3 Å². The predicted molar refractivity (Wildman–Crippen MR) is 114 cm³/mol. The van der Waals surface area contributed by atoms with Gasteiger partial charge < -0.3 is 0 Å². The summed E-state index contributed by atoms with van der Waals surface area (Å²) < 4.78 is 15.2. The van der Waals surface area contributed by atoms with Crippen molar-refractivity contribution in [3.63, 3.8) is 0 Å². The smallest absolute Gasteiger partial charge is 0.166 e. The standard InChI is InChI=1S/C25H22FN3O/c1-3-21-24(17-8-10-19(26)11-9-17)25-27-22-12-18(16-6-4-15(2)5-7-16)13-23(30)20(22)14-29(25)28-21/h4-11,14,18H,3,12-13H2,1-2H3. The van der Waals surface area contributed by atoms with Crippen LogP contribution in [-0.2, 0) is 12.8 Å². The molecule has 0 radical (unpaired) electrons. The molecule has 5 heteroatoms.